The number of carbonyl (C=O) groups is 2. The molecule has 2 aromatic heterocycles. The third-order valence-corrected chi connectivity index (χ3v) is 4.95. The summed E-state index contributed by atoms with van der Waals surface area (Å²) in [5.41, 5.74) is 0. The SMILES string of the molecule is CC(CCc1ccco1)NC(=O)C(C)NC(=O)c1ccc(Br)s1. The molecule has 0 aliphatic heterocycles. The lowest BCUT2D eigenvalue weighted by molar-refractivity contribution is -0.123. The molecule has 0 aliphatic rings. The monoisotopic (exact) mass is 398 g/mol. The number of nitrogens with one attached hydrogen (secondary N) is 2. The molecule has 0 aromatic carbocycles. The van der Waals surface area contributed by atoms with Crippen LogP contribution in [-0.2, 0) is 11.2 Å². The van der Waals surface area contributed by atoms with Gasteiger partial charge in [0.05, 0.1) is 14.9 Å². The summed E-state index contributed by atoms with van der Waals surface area (Å²) in [5, 5.41) is 5.61. The molecule has 2 atom stereocenters. The van der Waals surface area contributed by atoms with E-state index in [9.17, 15) is 9.59 Å². The van der Waals surface area contributed by atoms with Crippen molar-refractivity contribution >= 4 is 39.1 Å². The van der Waals surface area contributed by atoms with E-state index in [1.54, 1.807) is 25.3 Å². The number of amides is 2. The van der Waals surface area contributed by atoms with Crippen molar-refractivity contribution in [1.29, 1.82) is 0 Å². The van der Waals surface area contributed by atoms with Crippen LogP contribution in [0.15, 0.2) is 38.7 Å². The zero-order valence-electron chi connectivity index (χ0n) is 13.0. The second kappa shape index (κ2) is 8.31. The summed E-state index contributed by atoms with van der Waals surface area (Å²) in [5.74, 6) is 0.461. The fraction of sp³-hybridized carbons (Fsp3) is 0.375. The summed E-state index contributed by atoms with van der Waals surface area (Å²) >= 11 is 4.65. The van der Waals surface area contributed by atoms with E-state index < -0.39 is 6.04 Å². The van der Waals surface area contributed by atoms with Crippen molar-refractivity contribution in [3.8, 4) is 0 Å². The third kappa shape index (κ3) is 5.51. The molecule has 0 saturated carbocycles. The zero-order chi connectivity index (χ0) is 16.8. The van der Waals surface area contributed by atoms with Crippen molar-refractivity contribution in [2.75, 3.05) is 0 Å². The molecule has 0 spiro atoms. The van der Waals surface area contributed by atoms with Gasteiger partial charge in [0, 0.05) is 12.5 Å². The van der Waals surface area contributed by atoms with E-state index in [1.807, 2.05) is 19.1 Å². The molecule has 2 unspecified atom stereocenters. The fourth-order valence-corrected chi connectivity index (χ4v) is 3.31. The van der Waals surface area contributed by atoms with E-state index >= 15 is 0 Å². The van der Waals surface area contributed by atoms with Crippen molar-refractivity contribution in [3.05, 3.63) is 45.0 Å². The van der Waals surface area contributed by atoms with Gasteiger partial charge >= 0.3 is 0 Å². The first-order chi connectivity index (χ1) is 11.0. The second-order valence-electron chi connectivity index (χ2n) is 5.33. The highest BCUT2D eigenvalue weighted by Crippen LogP contribution is 2.21. The molecule has 2 N–H and O–H groups in total. The lowest BCUT2D eigenvalue weighted by Crippen LogP contribution is -2.47. The van der Waals surface area contributed by atoms with Gasteiger partial charge in [-0.15, -0.1) is 11.3 Å². The molecule has 23 heavy (non-hydrogen) atoms. The number of hydrogen-bond donors (Lipinski definition) is 2. The average Bonchev–Trinajstić information content (AvgIpc) is 3.16. The fourth-order valence-electron chi connectivity index (χ4n) is 2.02. The lowest BCUT2D eigenvalue weighted by Gasteiger charge is -2.18. The van der Waals surface area contributed by atoms with Crippen LogP contribution in [0.25, 0.3) is 0 Å². The predicted octanol–water partition coefficient (Wildman–Crippen LogP) is 3.36. The maximum atomic E-state index is 12.1. The van der Waals surface area contributed by atoms with Crippen LogP contribution < -0.4 is 10.6 Å². The van der Waals surface area contributed by atoms with Crippen molar-refractivity contribution in [1.82, 2.24) is 10.6 Å². The van der Waals surface area contributed by atoms with E-state index in [0.29, 0.717) is 4.88 Å². The number of aryl methyl sites for hydroxylation is 1. The number of furan rings is 1. The number of halogens is 1. The number of thiophene rings is 1. The number of carbonyl (C=O) groups excluding carboxylic acids is 2. The largest absolute Gasteiger partial charge is 0.469 e. The van der Waals surface area contributed by atoms with Crippen LogP contribution in [0.1, 0.15) is 35.7 Å². The van der Waals surface area contributed by atoms with E-state index in [4.69, 9.17) is 4.42 Å². The van der Waals surface area contributed by atoms with Crippen LogP contribution in [-0.4, -0.2) is 23.9 Å². The van der Waals surface area contributed by atoms with Crippen LogP contribution in [0.3, 0.4) is 0 Å². The van der Waals surface area contributed by atoms with E-state index in [0.717, 1.165) is 22.4 Å². The molecular weight excluding hydrogens is 380 g/mol. The van der Waals surface area contributed by atoms with Crippen molar-refractivity contribution in [3.63, 3.8) is 0 Å². The Morgan fingerprint density at radius 1 is 1.26 bits per heavy atom. The van der Waals surface area contributed by atoms with E-state index in [1.165, 1.54) is 11.3 Å². The molecule has 0 aliphatic carbocycles. The summed E-state index contributed by atoms with van der Waals surface area (Å²) in [6, 6.07) is 6.70. The summed E-state index contributed by atoms with van der Waals surface area (Å²) < 4.78 is 6.15. The van der Waals surface area contributed by atoms with Gasteiger partial charge in [0.2, 0.25) is 5.91 Å². The molecule has 0 bridgehead atoms. The van der Waals surface area contributed by atoms with Gasteiger partial charge in [-0.3, -0.25) is 9.59 Å². The first-order valence-electron chi connectivity index (χ1n) is 7.34. The highest BCUT2D eigenvalue weighted by atomic mass is 79.9. The molecule has 5 nitrogen and oxygen atoms in total. The summed E-state index contributed by atoms with van der Waals surface area (Å²) in [6.45, 7) is 3.61. The Labute approximate surface area is 147 Å². The minimum atomic E-state index is -0.588. The van der Waals surface area contributed by atoms with Crippen molar-refractivity contribution < 1.29 is 14.0 Å². The lowest BCUT2D eigenvalue weighted by atomic mass is 10.1. The Kier molecular flexibility index (Phi) is 6.41. The first-order valence-corrected chi connectivity index (χ1v) is 8.95. The molecule has 2 rings (SSSR count). The van der Waals surface area contributed by atoms with Gasteiger partial charge in [-0.25, -0.2) is 0 Å². The third-order valence-electron chi connectivity index (χ3n) is 3.33. The van der Waals surface area contributed by atoms with Gasteiger partial charge in [-0.1, -0.05) is 0 Å². The van der Waals surface area contributed by atoms with E-state index in [-0.39, 0.29) is 17.9 Å². The topological polar surface area (TPSA) is 71.3 Å². The van der Waals surface area contributed by atoms with Crippen LogP contribution in [0, 0.1) is 0 Å². The first kappa shape index (κ1) is 17.7. The number of hydrogen-bond acceptors (Lipinski definition) is 4. The normalized spacial score (nSPS) is 13.3. The average molecular weight is 399 g/mol. The molecule has 0 radical (unpaired) electrons. The van der Waals surface area contributed by atoms with Gasteiger partial charge < -0.3 is 15.1 Å². The van der Waals surface area contributed by atoms with Crippen LogP contribution in [0.2, 0.25) is 0 Å². The minimum Gasteiger partial charge on any atom is -0.469 e. The minimum absolute atomic E-state index is 0.00262. The van der Waals surface area contributed by atoms with Gasteiger partial charge in [0.25, 0.3) is 5.91 Å². The summed E-state index contributed by atoms with van der Waals surface area (Å²) in [7, 11) is 0. The Balaban J connectivity index is 1.76. The molecule has 2 aromatic rings. The van der Waals surface area contributed by atoms with Crippen LogP contribution in [0.5, 0.6) is 0 Å². The Hall–Kier alpha value is -1.60. The van der Waals surface area contributed by atoms with Crippen LogP contribution >= 0.6 is 27.3 Å². The Morgan fingerprint density at radius 2 is 2.04 bits per heavy atom. The van der Waals surface area contributed by atoms with Crippen molar-refractivity contribution in [2.45, 2.75) is 38.8 Å². The molecular formula is C16H19BrN2O3S. The van der Waals surface area contributed by atoms with Gasteiger partial charge in [-0.05, 0) is 60.5 Å². The van der Waals surface area contributed by atoms with E-state index in [2.05, 4.69) is 26.6 Å². The molecule has 2 amide bonds. The highest BCUT2D eigenvalue weighted by Gasteiger charge is 2.19. The smallest absolute Gasteiger partial charge is 0.262 e. The Morgan fingerprint density at radius 3 is 2.65 bits per heavy atom. The van der Waals surface area contributed by atoms with Gasteiger partial charge in [-0.2, -0.15) is 0 Å². The molecule has 2 heterocycles. The summed E-state index contributed by atoms with van der Waals surface area (Å²) in [4.78, 5) is 24.7. The number of rotatable bonds is 7. The maximum Gasteiger partial charge on any atom is 0.262 e. The quantitative estimate of drug-likeness (QED) is 0.750. The molecule has 7 heteroatoms. The second-order valence-corrected chi connectivity index (χ2v) is 7.79. The molecule has 0 fully saturated rings. The highest BCUT2D eigenvalue weighted by molar-refractivity contribution is 9.11. The molecule has 124 valence electrons. The molecule has 0 saturated heterocycles. The summed E-state index contributed by atoms with van der Waals surface area (Å²) in [6.07, 6.45) is 3.18. The maximum absolute atomic E-state index is 12.1. The standard InChI is InChI=1S/C16H19BrN2O3S/c1-10(5-6-12-4-3-9-22-12)18-15(20)11(2)19-16(21)13-7-8-14(17)23-13/h3-4,7-11H,5-6H2,1-2H3,(H,18,20)(H,19,21). The van der Waals surface area contributed by atoms with Crippen LogP contribution in [0.4, 0.5) is 0 Å². The van der Waals surface area contributed by atoms with Crippen molar-refractivity contribution in [2.24, 2.45) is 0 Å². The Bertz CT molecular complexity index is 654. The zero-order valence-corrected chi connectivity index (χ0v) is 15.4. The predicted molar refractivity (Wildman–Crippen MR) is 93.6 cm³/mol. The van der Waals surface area contributed by atoms with Gasteiger partial charge in [0.15, 0.2) is 0 Å². The van der Waals surface area contributed by atoms with Gasteiger partial charge in [0.1, 0.15) is 11.8 Å².